The number of thiophene rings is 1. The molecule has 0 bridgehead atoms. The van der Waals surface area contributed by atoms with Gasteiger partial charge in [-0.15, -0.1) is 11.3 Å². The van der Waals surface area contributed by atoms with Crippen molar-refractivity contribution in [3.05, 3.63) is 41.8 Å². The van der Waals surface area contributed by atoms with E-state index in [0.717, 1.165) is 5.75 Å². The Labute approximate surface area is 169 Å². The van der Waals surface area contributed by atoms with E-state index in [4.69, 9.17) is 9.47 Å². The number of carbonyl (C=O) groups is 1. The normalized spacial score (nSPS) is 17.8. The number of nitrogens with one attached hydrogen (secondary N) is 1. The van der Waals surface area contributed by atoms with E-state index in [0.29, 0.717) is 42.5 Å². The topological polar surface area (TPSA) is 84.9 Å². The second-order valence-corrected chi connectivity index (χ2v) is 9.56. The Morgan fingerprint density at radius 1 is 1.25 bits per heavy atom. The third kappa shape index (κ3) is 5.03. The number of carbonyl (C=O) groups excluding carboxylic acids is 1. The minimum atomic E-state index is -3.52. The molecule has 0 unspecified atom stereocenters. The molecule has 0 radical (unpaired) electrons. The average molecular weight is 425 g/mol. The van der Waals surface area contributed by atoms with Crippen LogP contribution in [0.3, 0.4) is 0 Å². The van der Waals surface area contributed by atoms with Gasteiger partial charge in [0.1, 0.15) is 22.3 Å². The first-order valence-corrected chi connectivity index (χ1v) is 11.4. The van der Waals surface area contributed by atoms with Gasteiger partial charge in [0.15, 0.2) is 0 Å². The van der Waals surface area contributed by atoms with Crippen molar-refractivity contribution in [2.75, 3.05) is 33.4 Å². The smallest absolute Gasteiger partial charge is 0.252 e. The van der Waals surface area contributed by atoms with Crippen molar-refractivity contribution in [3.63, 3.8) is 0 Å². The lowest BCUT2D eigenvalue weighted by molar-refractivity contribution is -0.126. The molecule has 1 fully saturated rings. The Balaban J connectivity index is 1.46. The predicted octanol–water partition coefficient (Wildman–Crippen LogP) is 2.35. The summed E-state index contributed by atoms with van der Waals surface area (Å²) in [6.07, 6.45) is 1.35. The van der Waals surface area contributed by atoms with E-state index in [9.17, 15) is 13.2 Å². The van der Waals surface area contributed by atoms with Gasteiger partial charge in [0.25, 0.3) is 10.0 Å². The molecule has 1 aliphatic rings. The highest BCUT2D eigenvalue weighted by Crippen LogP contribution is 2.26. The van der Waals surface area contributed by atoms with Crippen molar-refractivity contribution < 1.29 is 22.7 Å². The molecule has 0 aliphatic carbocycles. The number of rotatable bonds is 8. The van der Waals surface area contributed by atoms with Crippen LogP contribution in [-0.4, -0.2) is 52.0 Å². The van der Waals surface area contributed by atoms with Crippen LogP contribution in [0.15, 0.2) is 46.0 Å². The number of nitrogens with zero attached hydrogens (tertiary/aromatic N) is 1. The fourth-order valence-corrected chi connectivity index (χ4v) is 5.74. The maximum atomic E-state index is 12.7. The van der Waals surface area contributed by atoms with Crippen molar-refractivity contribution in [1.82, 2.24) is 9.62 Å². The van der Waals surface area contributed by atoms with Gasteiger partial charge < -0.3 is 14.8 Å². The van der Waals surface area contributed by atoms with E-state index >= 15 is 0 Å². The fourth-order valence-electron chi connectivity index (χ4n) is 3.07. The number of sulfonamides is 1. The Hall–Kier alpha value is -2.10. The molecule has 1 N–H and O–H groups in total. The zero-order valence-electron chi connectivity index (χ0n) is 15.7. The summed E-state index contributed by atoms with van der Waals surface area (Å²) in [7, 11) is -1.91. The van der Waals surface area contributed by atoms with Crippen LogP contribution in [0, 0.1) is 5.92 Å². The van der Waals surface area contributed by atoms with Gasteiger partial charge in [0, 0.05) is 13.1 Å². The summed E-state index contributed by atoms with van der Waals surface area (Å²) in [5.74, 6) is 0.967. The van der Waals surface area contributed by atoms with E-state index in [2.05, 4.69) is 5.32 Å². The van der Waals surface area contributed by atoms with Gasteiger partial charge in [-0.25, -0.2) is 8.42 Å². The first-order valence-electron chi connectivity index (χ1n) is 9.09. The van der Waals surface area contributed by atoms with Crippen LogP contribution in [-0.2, 0) is 14.8 Å². The fraction of sp³-hybridized carbons (Fsp3) is 0.421. The highest BCUT2D eigenvalue weighted by atomic mass is 32.2. The molecule has 1 aliphatic heterocycles. The number of methoxy groups -OCH3 is 1. The summed E-state index contributed by atoms with van der Waals surface area (Å²) in [5, 5.41) is 4.58. The number of ether oxygens (including phenoxy) is 2. The van der Waals surface area contributed by atoms with Crippen molar-refractivity contribution >= 4 is 27.3 Å². The Morgan fingerprint density at radius 3 is 2.68 bits per heavy atom. The first kappa shape index (κ1) is 20.6. The lowest BCUT2D eigenvalue weighted by Crippen LogP contribution is -2.45. The van der Waals surface area contributed by atoms with Crippen LogP contribution in [0.25, 0.3) is 0 Å². The zero-order valence-corrected chi connectivity index (χ0v) is 17.3. The molecule has 0 saturated carbocycles. The summed E-state index contributed by atoms with van der Waals surface area (Å²) in [6.45, 7) is 1.36. The average Bonchev–Trinajstić information content (AvgIpc) is 3.27. The van der Waals surface area contributed by atoms with Crippen LogP contribution in [0.5, 0.6) is 11.5 Å². The van der Waals surface area contributed by atoms with Crippen LogP contribution < -0.4 is 14.8 Å². The van der Waals surface area contributed by atoms with Crippen molar-refractivity contribution in [3.8, 4) is 11.5 Å². The molecule has 152 valence electrons. The van der Waals surface area contributed by atoms with Crippen LogP contribution in [0.1, 0.15) is 12.8 Å². The van der Waals surface area contributed by atoms with Gasteiger partial charge in [-0.3, -0.25) is 4.79 Å². The molecule has 7 nitrogen and oxygen atoms in total. The standard InChI is InChI=1S/C19H24N2O5S2/c1-25-16-6-8-17(9-7-16)26-12-10-20-19(22)15-4-2-11-21(14-15)28(23,24)18-5-3-13-27-18/h3,5-9,13,15H,2,4,10-12,14H2,1H3,(H,20,22)/t15-/m1/s1. The van der Waals surface area contributed by atoms with Crippen LogP contribution in [0.2, 0.25) is 0 Å². The van der Waals surface area contributed by atoms with Crippen molar-refractivity contribution in [2.45, 2.75) is 17.1 Å². The minimum Gasteiger partial charge on any atom is -0.497 e. The monoisotopic (exact) mass is 424 g/mol. The van der Waals surface area contributed by atoms with E-state index in [1.807, 2.05) is 0 Å². The van der Waals surface area contributed by atoms with E-state index in [-0.39, 0.29) is 18.4 Å². The number of hydrogen-bond donors (Lipinski definition) is 1. The van der Waals surface area contributed by atoms with Gasteiger partial charge in [0.2, 0.25) is 5.91 Å². The number of benzene rings is 1. The highest BCUT2D eigenvalue weighted by molar-refractivity contribution is 7.91. The SMILES string of the molecule is COc1ccc(OCCNC(=O)[C@@H]2CCCN(S(=O)(=O)c3cccs3)C2)cc1. The Morgan fingerprint density at radius 2 is 2.00 bits per heavy atom. The van der Waals surface area contributed by atoms with E-state index in [1.54, 1.807) is 48.9 Å². The highest BCUT2D eigenvalue weighted by Gasteiger charge is 2.33. The second-order valence-electron chi connectivity index (χ2n) is 6.45. The minimum absolute atomic E-state index is 0.135. The summed E-state index contributed by atoms with van der Waals surface area (Å²) in [5.41, 5.74) is 0. The molecule has 2 heterocycles. The summed E-state index contributed by atoms with van der Waals surface area (Å²) in [4.78, 5) is 12.4. The maximum Gasteiger partial charge on any atom is 0.252 e. The molecular weight excluding hydrogens is 400 g/mol. The molecule has 1 amide bonds. The molecule has 1 aromatic heterocycles. The first-order chi connectivity index (χ1) is 13.5. The third-order valence-corrected chi connectivity index (χ3v) is 7.81. The largest absolute Gasteiger partial charge is 0.497 e. The third-order valence-electron chi connectivity index (χ3n) is 4.57. The molecular formula is C19H24N2O5S2. The van der Waals surface area contributed by atoms with Crippen LogP contribution in [0.4, 0.5) is 0 Å². The number of amides is 1. The van der Waals surface area contributed by atoms with Crippen molar-refractivity contribution in [2.24, 2.45) is 5.92 Å². The molecule has 9 heteroatoms. The van der Waals surface area contributed by atoms with Gasteiger partial charge >= 0.3 is 0 Å². The number of hydrogen-bond acceptors (Lipinski definition) is 6. The Bertz CT molecular complexity index is 866. The van der Waals surface area contributed by atoms with Gasteiger partial charge in [0.05, 0.1) is 19.6 Å². The molecule has 2 aromatic rings. The summed E-state index contributed by atoms with van der Waals surface area (Å²) >= 11 is 1.20. The van der Waals surface area contributed by atoms with Gasteiger partial charge in [-0.05, 0) is 48.6 Å². The maximum absolute atomic E-state index is 12.7. The molecule has 1 atom stereocenters. The van der Waals surface area contributed by atoms with E-state index < -0.39 is 10.0 Å². The molecule has 1 saturated heterocycles. The predicted molar refractivity (Wildman–Crippen MR) is 107 cm³/mol. The molecule has 28 heavy (non-hydrogen) atoms. The lowest BCUT2D eigenvalue weighted by atomic mass is 9.99. The van der Waals surface area contributed by atoms with E-state index in [1.165, 1.54) is 15.6 Å². The molecule has 3 rings (SSSR count). The molecule has 0 spiro atoms. The molecule has 1 aromatic carbocycles. The zero-order chi connectivity index (χ0) is 20.0. The Kier molecular flexibility index (Phi) is 6.93. The summed E-state index contributed by atoms with van der Waals surface area (Å²) < 4.78 is 37.7. The second kappa shape index (κ2) is 9.40. The van der Waals surface area contributed by atoms with Gasteiger partial charge in [-0.2, -0.15) is 4.31 Å². The lowest BCUT2D eigenvalue weighted by Gasteiger charge is -2.30. The van der Waals surface area contributed by atoms with Crippen LogP contribution >= 0.6 is 11.3 Å². The number of piperidine rings is 1. The summed E-state index contributed by atoms with van der Waals surface area (Å²) in [6, 6.07) is 10.5. The van der Waals surface area contributed by atoms with Crippen molar-refractivity contribution in [1.29, 1.82) is 0 Å². The quantitative estimate of drug-likeness (QED) is 0.658. The van der Waals surface area contributed by atoms with Gasteiger partial charge in [-0.1, -0.05) is 6.07 Å².